The fourth-order valence-corrected chi connectivity index (χ4v) is 3.03. The van der Waals surface area contributed by atoms with Crippen LogP contribution in [-0.4, -0.2) is 38.8 Å². The average Bonchev–Trinajstić information content (AvgIpc) is 2.54. The van der Waals surface area contributed by atoms with E-state index in [2.05, 4.69) is 0 Å². The van der Waals surface area contributed by atoms with Crippen molar-refractivity contribution < 1.29 is 19.2 Å². The Labute approximate surface area is 137 Å². The van der Waals surface area contributed by atoms with E-state index < -0.39 is 0 Å². The maximum absolute atomic E-state index is 11.7. The fraction of sp³-hybridized carbons (Fsp3) is 0.588. The highest BCUT2D eigenvalue weighted by Crippen LogP contribution is 2.22. The molecule has 0 bridgehead atoms. The van der Waals surface area contributed by atoms with Crippen LogP contribution in [0, 0.1) is 5.92 Å². The lowest BCUT2D eigenvalue weighted by Gasteiger charge is -2.28. The number of halogens is 1. The number of carbonyl (C=O) groups excluding carboxylic acids is 1. The minimum absolute atomic E-state index is 0.0244. The van der Waals surface area contributed by atoms with Crippen LogP contribution in [0.15, 0.2) is 24.3 Å². The Morgan fingerprint density at radius 2 is 2.05 bits per heavy atom. The number of hydrogen-bond acceptors (Lipinski definition) is 3. The van der Waals surface area contributed by atoms with Gasteiger partial charge in [0.15, 0.2) is 0 Å². The third-order valence-corrected chi connectivity index (χ3v) is 4.39. The molecule has 0 unspecified atom stereocenters. The van der Waals surface area contributed by atoms with Crippen LogP contribution in [-0.2, 0) is 9.53 Å². The molecule has 0 aliphatic carbocycles. The molecule has 1 saturated heterocycles. The molecule has 1 aliphatic heterocycles. The molecular formula is C17H25ClNO3+. The molecule has 0 radical (unpaired) electrons. The Morgan fingerprint density at radius 1 is 1.32 bits per heavy atom. The number of rotatable bonds is 7. The number of hydrogen-bond donors (Lipinski definition) is 1. The topological polar surface area (TPSA) is 40.0 Å². The predicted molar refractivity (Wildman–Crippen MR) is 86.5 cm³/mol. The first kappa shape index (κ1) is 17.1. The normalized spacial score (nSPS) is 21.4. The Bertz CT molecular complexity index is 473. The molecule has 1 N–H and O–H groups in total. The first-order valence-electron chi connectivity index (χ1n) is 8.08. The van der Waals surface area contributed by atoms with Gasteiger partial charge < -0.3 is 14.4 Å². The highest BCUT2D eigenvalue weighted by atomic mass is 35.5. The number of esters is 1. The summed E-state index contributed by atoms with van der Waals surface area (Å²) >= 11 is 6.05. The van der Waals surface area contributed by atoms with E-state index in [1.807, 2.05) is 31.2 Å². The smallest absolute Gasteiger partial charge is 0.309 e. The van der Waals surface area contributed by atoms with E-state index in [0.29, 0.717) is 18.2 Å². The van der Waals surface area contributed by atoms with Crippen molar-refractivity contribution in [2.45, 2.75) is 26.2 Å². The van der Waals surface area contributed by atoms with E-state index in [1.54, 1.807) is 4.90 Å². The van der Waals surface area contributed by atoms with Crippen molar-refractivity contribution >= 4 is 17.6 Å². The van der Waals surface area contributed by atoms with Crippen LogP contribution in [0.1, 0.15) is 26.2 Å². The number of benzene rings is 1. The number of carbonyl (C=O) groups is 1. The molecule has 1 aliphatic rings. The Balaban J connectivity index is 1.61. The van der Waals surface area contributed by atoms with Gasteiger partial charge in [-0.05, 0) is 19.1 Å². The number of nitrogens with one attached hydrogen (secondary N) is 1. The van der Waals surface area contributed by atoms with Crippen LogP contribution in [0.3, 0.4) is 0 Å². The average molecular weight is 327 g/mol. The minimum Gasteiger partial charge on any atom is -0.492 e. The Hall–Kier alpha value is -1.26. The molecule has 1 fully saturated rings. The van der Waals surface area contributed by atoms with Gasteiger partial charge in [-0.3, -0.25) is 4.79 Å². The van der Waals surface area contributed by atoms with Gasteiger partial charge in [0.1, 0.15) is 5.75 Å². The van der Waals surface area contributed by atoms with Gasteiger partial charge in [-0.15, -0.1) is 0 Å². The van der Waals surface area contributed by atoms with Crippen molar-refractivity contribution in [3.63, 3.8) is 0 Å². The van der Waals surface area contributed by atoms with Gasteiger partial charge in [-0.2, -0.15) is 0 Å². The van der Waals surface area contributed by atoms with Crippen LogP contribution in [0.2, 0.25) is 5.02 Å². The molecule has 0 amide bonds. The predicted octanol–water partition coefficient (Wildman–Crippen LogP) is 1.97. The lowest BCUT2D eigenvalue weighted by atomic mass is 9.97. The third-order valence-electron chi connectivity index (χ3n) is 4.08. The molecular weight excluding hydrogens is 302 g/mol. The molecule has 122 valence electrons. The van der Waals surface area contributed by atoms with Gasteiger partial charge in [0.05, 0.1) is 43.8 Å². The van der Waals surface area contributed by atoms with E-state index in [-0.39, 0.29) is 11.9 Å². The van der Waals surface area contributed by atoms with Gasteiger partial charge in [-0.1, -0.05) is 23.7 Å². The van der Waals surface area contributed by atoms with Crippen LogP contribution in [0.5, 0.6) is 5.75 Å². The zero-order valence-corrected chi connectivity index (χ0v) is 13.9. The van der Waals surface area contributed by atoms with Crippen LogP contribution in [0.4, 0.5) is 0 Å². The summed E-state index contributed by atoms with van der Waals surface area (Å²) in [6, 6.07) is 7.54. The van der Waals surface area contributed by atoms with Crippen molar-refractivity contribution in [3.8, 4) is 5.75 Å². The zero-order chi connectivity index (χ0) is 15.8. The zero-order valence-electron chi connectivity index (χ0n) is 13.1. The standard InChI is InChI=1S/C17H24ClNO3/c1-2-21-17(20)14-8-11-19(12-9-14)10-5-13-22-16-7-4-3-6-15(16)18/h3-4,6-7,14H,2,5,8-13H2,1H3/p+1. The van der Waals surface area contributed by atoms with Gasteiger partial charge in [-0.25, -0.2) is 0 Å². The van der Waals surface area contributed by atoms with Crippen molar-refractivity contribution in [2.75, 3.05) is 32.8 Å². The number of piperidine rings is 1. The second-order valence-electron chi connectivity index (χ2n) is 5.66. The summed E-state index contributed by atoms with van der Waals surface area (Å²) < 4.78 is 10.8. The highest BCUT2D eigenvalue weighted by Gasteiger charge is 2.27. The molecule has 5 heteroatoms. The second-order valence-corrected chi connectivity index (χ2v) is 6.07. The highest BCUT2D eigenvalue weighted by molar-refractivity contribution is 6.32. The summed E-state index contributed by atoms with van der Waals surface area (Å²) in [7, 11) is 0. The second kappa shape index (κ2) is 9.01. The van der Waals surface area contributed by atoms with E-state index in [0.717, 1.165) is 44.6 Å². The monoisotopic (exact) mass is 326 g/mol. The molecule has 0 atom stereocenters. The van der Waals surface area contributed by atoms with Gasteiger partial charge in [0.2, 0.25) is 0 Å². The molecule has 2 rings (SSSR count). The quantitative estimate of drug-likeness (QED) is 0.615. The number of quaternary nitrogens is 1. The largest absolute Gasteiger partial charge is 0.492 e. The lowest BCUT2D eigenvalue weighted by molar-refractivity contribution is -0.906. The number of ether oxygens (including phenoxy) is 2. The first-order chi connectivity index (χ1) is 10.7. The molecule has 0 spiro atoms. The molecule has 1 aromatic carbocycles. The van der Waals surface area contributed by atoms with Crippen molar-refractivity contribution in [1.82, 2.24) is 0 Å². The van der Waals surface area contributed by atoms with Crippen molar-refractivity contribution in [2.24, 2.45) is 5.92 Å². The van der Waals surface area contributed by atoms with Gasteiger partial charge >= 0.3 is 5.97 Å². The molecule has 4 nitrogen and oxygen atoms in total. The summed E-state index contributed by atoms with van der Waals surface area (Å²) in [5.41, 5.74) is 0. The van der Waals surface area contributed by atoms with Gasteiger partial charge in [0, 0.05) is 19.3 Å². The van der Waals surface area contributed by atoms with Crippen molar-refractivity contribution in [3.05, 3.63) is 29.3 Å². The summed E-state index contributed by atoms with van der Waals surface area (Å²) in [4.78, 5) is 13.2. The van der Waals surface area contributed by atoms with E-state index >= 15 is 0 Å². The third kappa shape index (κ3) is 5.18. The molecule has 0 saturated carbocycles. The summed E-state index contributed by atoms with van der Waals surface area (Å²) in [5, 5.41) is 0.657. The SMILES string of the molecule is CCOC(=O)C1CC[NH+](CCCOc2ccccc2Cl)CC1. The molecule has 1 heterocycles. The van der Waals surface area contributed by atoms with E-state index in [4.69, 9.17) is 21.1 Å². The fourth-order valence-electron chi connectivity index (χ4n) is 2.84. The number of para-hydroxylation sites is 1. The minimum atomic E-state index is -0.0244. The maximum Gasteiger partial charge on any atom is 0.309 e. The van der Waals surface area contributed by atoms with E-state index in [1.165, 1.54) is 0 Å². The molecule has 22 heavy (non-hydrogen) atoms. The number of likely N-dealkylation sites (tertiary alicyclic amines) is 1. The Kier molecular flexibility index (Phi) is 7.00. The summed E-state index contributed by atoms with van der Waals surface area (Å²) in [5.74, 6) is 0.826. The van der Waals surface area contributed by atoms with E-state index in [9.17, 15) is 4.79 Å². The molecule has 0 aromatic heterocycles. The van der Waals surface area contributed by atoms with Gasteiger partial charge in [0.25, 0.3) is 0 Å². The van der Waals surface area contributed by atoms with Crippen LogP contribution in [0.25, 0.3) is 0 Å². The van der Waals surface area contributed by atoms with Crippen LogP contribution < -0.4 is 9.64 Å². The summed E-state index contributed by atoms with van der Waals surface area (Å²) in [6.07, 6.45) is 2.85. The van der Waals surface area contributed by atoms with Crippen LogP contribution >= 0.6 is 11.6 Å². The lowest BCUT2D eigenvalue weighted by Crippen LogP contribution is -3.13. The summed E-state index contributed by atoms with van der Waals surface area (Å²) in [6.45, 7) is 6.16. The molecule has 1 aromatic rings. The first-order valence-corrected chi connectivity index (χ1v) is 8.46. The Morgan fingerprint density at radius 3 is 2.73 bits per heavy atom. The maximum atomic E-state index is 11.7. The van der Waals surface area contributed by atoms with Crippen molar-refractivity contribution in [1.29, 1.82) is 0 Å².